The van der Waals surface area contributed by atoms with Gasteiger partial charge < -0.3 is 20.5 Å². The fourth-order valence-corrected chi connectivity index (χ4v) is 1.23. The summed E-state index contributed by atoms with van der Waals surface area (Å²) in [7, 11) is 1.58. The molecule has 6 nitrogen and oxygen atoms in total. The van der Waals surface area contributed by atoms with Crippen molar-refractivity contribution in [2.24, 2.45) is 0 Å². The van der Waals surface area contributed by atoms with Crippen LogP contribution in [-0.2, 0) is 9.53 Å². The second-order valence-electron chi connectivity index (χ2n) is 4.09. The van der Waals surface area contributed by atoms with Crippen molar-refractivity contribution >= 4 is 12.0 Å². The number of nitrogens with one attached hydrogen (secondary N) is 2. The van der Waals surface area contributed by atoms with Crippen molar-refractivity contribution in [3.05, 3.63) is 0 Å². The Morgan fingerprint density at radius 3 is 2.53 bits per heavy atom. The van der Waals surface area contributed by atoms with Gasteiger partial charge in [-0.05, 0) is 26.7 Å². The summed E-state index contributed by atoms with van der Waals surface area (Å²) in [5.74, 6) is -0.810. The number of hydrogen-bond acceptors (Lipinski definition) is 3. The third-order valence-electron chi connectivity index (χ3n) is 2.36. The van der Waals surface area contributed by atoms with Crippen LogP contribution in [0.1, 0.15) is 33.1 Å². The molecule has 0 saturated heterocycles. The molecule has 0 rings (SSSR count). The second kappa shape index (κ2) is 8.81. The van der Waals surface area contributed by atoms with E-state index >= 15 is 0 Å². The van der Waals surface area contributed by atoms with Gasteiger partial charge in [0.15, 0.2) is 0 Å². The van der Waals surface area contributed by atoms with E-state index in [9.17, 15) is 9.59 Å². The van der Waals surface area contributed by atoms with E-state index in [0.29, 0.717) is 19.4 Å². The summed E-state index contributed by atoms with van der Waals surface area (Å²) in [5.41, 5.74) is 0. The van der Waals surface area contributed by atoms with E-state index in [1.165, 1.54) is 0 Å². The predicted molar refractivity (Wildman–Crippen MR) is 64.0 cm³/mol. The lowest BCUT2D eigenvalue weighted by Gasteiger charge is -2.15. The molecule has 0 aliphatic rings. The van der Waals surface area contributed by atoms with Crippen molar-refractivity contribution in [2.45, 2.75) is 45.3 Å². The molecule has 0 radical (unpaired) electrons. The standard InChI is InChI=1S/C11H22N2O4/c1-8(5-4-6-10(14)15)13-11(16)12-7-9(2)17-3/h8-9H,4-7H2,1-3H3,(H,14,15)(H2,12,13,16). The number of carbonyl (C=O) groups is 2. The lowest BCUT2D eigenvalue weighted by atomic mass is 10.1. The fourth-order valence-electron chi connectivity index (χ4n) is 1.23. The molecule has 0 fully saturated rings. The minimum absolute atomic E-state index is 0.0249. The average Bonchev–Trinajstić information content (AvgIpc) is 2.25. The molecule has 100 valence electrons. The van der Waals surface area contributed by atoms with Crippen LogP contribution in [0.3, 0.4) is 0 Å². The first-order valence-corrected chi connectivity index (χ1v) is 5.74. The Bertz CT molecular complexity index is 246. The minimum atomic E-state index is -0.810. The maximum absolute atomic E-state index is 11.4. The van der Waals surface area contributed by atoms with Gasteiger partial charge in [0.05, 0.1) is 6.10 Å². The summed E-state index contributed by atoms with van der Waals surface area (Å²) in [4.78, 5) is 21.7. The van der Waals surface area contributed by atoms with Crippen LogP contribution in [0.25, 0.3) is 0 Å². The van der Waals surface area contributed by atoms with Crippen LogP contribution in [0.2, 0.25) is 0 Å². The van der Waals surface area contributed by atoms with Crippen molar-refractivity contribution in [3.63, 3.8) is 0 Å². The fraction of sp³-hybridized carbons (Fsp3) is 0.818. The number of hydrogen-bond donors (Lipinski definition) is 3. The zero-order valence-corrected chi connectivity index (χ0v) is 10.7. The van der Waals surface area contributed by atoms with Gasteiger partial charge in [0.1, 0.15) is 0 Å². The summed E-state index contributed by atoms with van der Waals surface area (Å²) < 4.78 is 4.99. The summed E-state index contributed by atoms with van der Waals surface area (Å²) in [6.45, 7) is 4.15. The number of rotatable bonds is 8. The van der Waals surface area contributed by atoms with Crippen molar-refractivity contribution in [1.82, 2.24) is 10.6 Å². The molecule has 2 amide bonds. The lowest BCUT2D eigenvalue weighted by molar-refractivity contribution is -0.137. The van der Waals surface area contributed by atoms with Crippen molar-refractivity contribution in [1.29, 1.82) is 0 Å². The third kappa shape index (κ3) is 9.62. The highest BCUT2D eigenvalue weighted by Gasteiger charge is 2.08. The van der Waals surface area contributed by atoms with E-state index < -0.39 is 5.97 Å². The second-order valence-corrected chi connectivity index (χ2v) is 4.09. The molecule has 0 heterocycles. The zero-order valence-electron chi connectivity index (χ0n) is 10.7. The monoisotopic (exact) mass is 246 g/mol. The molecule has 0 bridgehead atoms. The van der Waals surface area contributed by atoms with E-state index in [0.717, 1.165) is 0 Å². The number of amides is 2. The van der Waals surface area contributed by atoms with E-state index in [1.54, 1.807) is 7.11 Å². The Labute approximate surface area is 102 Å². The molecule has 0 aromatic carbocycles. The van der Waals surface area contributed by atoms with Crippen molar-refractivity contribution in [2.75, 3.05) is 13.7 Å². The van der Waals surface area contributed by atoms with Gasteiger partial charge >= 0.3 is 12.0 Å². The van der Waals surface area contributed by atoms with Crippen LogP contribution in [0.15, 0.2) is 0 Å². The van der Waals surface area contributed by atoms with Crippen LogP contribution in [-0.4, -0.2) is 42.9 Å². The number of carboxylic acid groups (broad SMARTS) is 1. The lowest BCUT2D eigenvalue weighted by Crippen LogP contribution is -2.43. The smallest absolute Gasteiger partial charge is 0.315 e. The highest BCUT2D eigenvalue weighted by atomic mass is 16.5. The molecular formula is C11H22N2O4. The number of carboxylic acids is 1. The molecule has 0 aliphatic heterocycles. The number of methoxy groups -OCH3 is 1. The van der Waals surface area contributed by atoms with Gasteiger partial charge in [0, 0.05) is 26.1 Å². The van der Waals surface area contributed by atoms with Gasteiger partial charge in [-0.25, -0.2) is 4.79 Å². The molecule has 17 heavy (non-hydrogen) atoms. The SMILES string of the molecule is COC(C)CNC(=O)NC(C)CCCC(=O)O. The first-order valence-electron chi connectivity index (χ1n) is 5.74. The van der Waals surface area contributed by atoms with Crippen molar-refractivity contribution in [3.8, 4) is 0 Å². The van der Waals surface area contributed by atoms with Crippen LogP contribution < -0.4 is 10.6 Å². The van der Waals surface area contributed by atoms with E-state index in [2.05, 4.69) is 10.6 Å². The molecule has 0 aromatic rings. The predicted octanol–water partition coefficient (Wildman–Crippen LogP) is 0.964. The van der Waals surface area contributed by atoms with Gasteiger partial charge in [-0.2, -0.15) is 0 Å². The Balaban J connectivity index is 3.62. The molecular weight excluding hydrogens is 224 g/mol. The third-order valence-corrected chi connectivity index (χ3v) is 2.36. The van der Waals surface area contributed by atoms with Gasteiger partial charge in [0.2, 0.25) is 0 Å². The highest BCUT2D eigenvalue weighted by molar-refractivity contribution is 5.74. The normalized spacial score (nSPS) is 13.8. The topological polar surface area (TPSA) is 87.7 Å². The van der Waals surface area contributed by atoms with Crippen LogP contribution in [0.4, 0.5) is 4.79 Å². The van der Waals surface area contributed by atoms with E-state index in [4.69, 9.17) is 9.84 Å². The maximum Gasteiger partial charge on any atom is 0.315 e. The first-order chi connectivity index (χ1) is 7.95. The molecule has 0 saturated carbocycles. The summed E-state index contributed by atoms with van der Waals surface area (Å²) in [5, 5.41) is 13.9. The highest BCUT2D eigenvalue weighted by Crippen LogP contribution is 2.00. The first kappa shape index (κ1) is 15.7. The Kier molecular flexibility index (Phi) is 8.13. The van der Waals surface area contributed by atoms with E-state index in [1.807, 2.05) is 13.8 Å². The summed E-state index contributed by atoms with van der Waals surface area (Å²) >= 11 is 0. The average molecular weight is 246 g/mol. The summed E-state index contributed by atoms with van der Waals surface area (Å²) in [6, 6.07) is -0.288. The molecule has 2 unspecified atom stereocenters. The van der Waals surface area contributed by atoms with Gasteiger partial charge in [0.25, 0.3) is 0 Å². The quantitative estimate of drug-likeness (QED) is 0.595. The van der Waals surface area contributed by atoms with Crippen LogP contribution in [0.5, 0.6) is 0 Å². The van der Waals surface area contributed by atoms with Gasteiger partial charge in [-0.3, -0.25) is 4.79 Å². The van der Waals surface area contributed by atoms with Gasteiger partial charge in [-0.15, -0.1) is 0 Å². The Morgan fingerprint density at radius 2 is 2.00 bits per heavy atom. The summed E-state index contributed by atoms with van der Waals surface area (Å²) in [6.07, 6.45) is 1.32. The zero-order chi connectivity index (χ0) is 13.3. The number of aliphatic carboxylic acids is 1. The number of carbonyl (C=O) groups excluding carboxylic acids is 1. The van der Waals surface area contributed by atoms with Crippen LogP contribution in [0, 0.1) is 0 Å². The molecule has 3 N–H and O–H groups in total. The Morgan fingerprint density at radius 1 is 1.35 bits per heavy atom. The minimum Gasteiger partial charge on any atom is -0.481 e. The maximum atomic E-state index is 11.4. The van der Waals surface area contributed by atoms with Gasteiger partial charge in [-0.1, -0.05) is 0 Å². The number of urea groups is 1. The van der Waals surface area contributed by atoms with Crippen LogP contribution >= 0.6 is 0 Å². The largest absolute Gasteiger partial charge is 0.481 e. The number of ether oxygens (including phenoxy) is 1. The molecule has 0 aliphatic carbocycles. The van der Waals surface area contributed by atoms with E-state index in [-0.39, 0.29) is 24.6 Å². The molecule has 2 atom stereocenters. The Hall–Kier alpha value is -1.30. The molecule has 0 spiro atoms. The molecule has 0 aromatic heterocycles. The molecule has 6 heteroatoms. The van der Waals surface area contributed by atoms with Crippen molar-refractivity contribution < 1.29 is 19.4 Å².